The third kappa shape index (κ3) is 3.26. The van der Waals surface area contributed by atoms with Crippen LogP contribution in [-0.4, -0.2) is 17.8 Å². The van der Waals surface area contributed by atoms with Crippen molar-refractivity contribution in [2.24, 2.45) is 5.92 Å². The lowest BCUT2D eigenvalue weighted by Crippen LogP contribution is -2.38. The minimum Gasteiger partial charge on any atom is -0.353 e. The summed E-state index contributed by atoms with van der Waals surface area (Å²) in [5.41, 5.74) is 2.28. The van der Waals surface area contributed by atoms with Crippen molar-refractivity contribution in [1.29, 1.82) is 0 Å². The summed E-state index contributed by atoms with van der Waals surface area (Å²) in [6, 6.07) is 8.31. The van der Waals surface area contributed by atoms with Gasteiger partial charge in [0.2, 0.25) is 5.91 Å². The largest absolute Gasteiger partial charge is 0.353 e. The van der Waals surface area contributed by atoms with Crippen LogP contribution in [0.1, 0.15) is 30.4 Å². The van der Waals surface area contributed by atoms with E-state index in [1.807, 2.05) is 31.2 Å². The second kappa shape index (κ2) is 6.24. The molecule has 2 unspecified atom stereocenters. The molecule has 1 aliphatic carbocycles. The summed E-state index contributed by atoms with van der Waals surface area (Å²) in [6.07, 6.45) is 3.85. The lowest BCUT2D eigenvalue weighted by atomic mass is 10.0. The Kier molecular flexibility index (Phi) is 4.65. The third-order valence-corrected chi connectivity index (χ3v) is 4.21. The number of benzene rings is 1. The van der Waals surface area contributed by atoms with Crippen LogP contribution in [0.5, 0.6) is 0 Å². The van der Waals surface area contributed by atoms with Gasteiger partial charge < -0.3 is 5.32 Å². The Bertz CT molecular complexity index is 419. The Labute approximate surface area is 114 Å². The molecule has 0 saturated heterocycles. The smallest absolute Gasteiger partial charge is 0.224 e. The van der Waals surface area contributed by atoms with Crippen molar-refractivity contribution in [3.05, 3.63) is 35.4 Å². The zero-order valence-corrected chi connectivity index (χ0v) is 11.5. The lowest BCUT2D eigenvalue weighted by Gasteiger charge is -2.19. The van der Waals surface area contributed by atoms with Crippen molar-refractivity contribution in [3.63, 3.8) is 0 Å². The number of hydrogen-bond donors (Lipinski definition) is 1. The first kappa shape index (κ1) is 13.4. The molecule has 1 aromatic rings. The third-order valence-electron chi connectivity index (χ3n) is 3.82. The van der Waals surface area contributed by atoms with Gasteiger partial charge in [0.25, 0.3) is 0 Å². The van der Waals surface area contributed by atoms with Crippen molar-refractivity contribution >= 4 is 17.5 Å². The summed E-state index contributed by atoms with van der Waals surface area (Å²) >= 11 is 5.92. The summed E-state index contributed by atoms with van der Waals surface area (Å²) in [5, 5.41) is 3.13. The first-order valence-electron chi connectivity index (χ1n) is 6.60. The van der Waals surface area contributed by atoms with Gasteiger partial charge in [-0.3, -0.25) is 4.79 Å². The van der Waals surface area contributed by atoms with Crippen LogP contribution in [0.25, 0.3) is 0 Å². The highest BCUT2D eigenvalue weighted by Gasteiger charge is 2.27. The first-order chi connectivity index (χ1) is 8.70. The molecule has 0 heterocycles. The molecule has 0 aromatic heterocycles. The van der Waals surface area contributed by atoms with Gasteiger partial charge in [-0.05, 0) is 36.8 Å². The molecule has 1 N–H and O–H groups in total. The molecular weight excluding hydrogens is 246 g/mol. The number of alkyl halides is 1. The quantitative estimate of drug-likeness (QED) is 0.833. The Morgan fingerprint density at radius 2 is 2.17 bits per heavy atom. The molecule has 1 saturated carbocycles. The van der Waals surface area contributed by atoms with Crippen LogP contribution >= 0.6 is 11.6 Å². The van der Waals surface area contributed by atoms with E-state index in [2.05, 4.69) is 5.32 Å². The number of carbonyl (C=O) groups excluding carboxylic acids is 1. The second-order valence-corrected chi connectivity index (χ2v) is 5.43. The van der Waals surface area contributed by atoms with Gasteiger partial charge in [-0.1, -0.05) is 30.7 Å². The maximum absolute atomic E-state index is 12.0. The minimum absolute atomic E-state index is 0.117. The van der Waals surface area contributed by atoms with Crippen LogP contribution in [-0.2, 0) is 11.2 Å². The van der Waals surface area contributed by atoms with Crippen LogP contribution in [0.4, 0.5) is 0 Å². The molecule has 0 bridgehead atoms. The van der Waals surface area contributed by atoms with E-state index in [0.29, 0.717) is 18.2 Å². The zero-order chi connectivity index (χ0) is 13.0. The van der Waals surface area contributed by atoms with Gasteiger partial charge in [-0.2, -0.15) is 0 Å². The molecule has 1 amide bonds. The highest BCUT2D eigenvalue weighted by atomic mass is 35.5. The second-order valence-electron chi connectivity index (χ2n) is 5.12. The average molecular weight is 266 g/mol. The summed E-state index contributed by atoms with van der Waals surface area (Å²) in [5.74, 6) is 1.22. The molecule has 2 atom stereocenters. The predicted molar refractivity (Wildman–Crippen MR) is 74.9 cm³/mol. The van der Waals surface area contributed by atoms with E-state index in [1.54, 1.807) is 0 Å². The number of halogens is 1. The Morgan fingerprint density at radius 3 is 2.89 bits per heavy atom. The van der Waals surface area contributed by atoms with Crippen LogP contribution in [0.2, 0.25) is 0 Å². The molecule has 2 rings (SSSR count). The van der Waals surface area contributed by atoms with Crippen molar-refractivity contribution in [2.45, 2.75) is 38.6 Å². The van der Waals surface area contributed by atoms with E-state index in [4.69, 9.17) is 11.6 Å². The molecule has 1 aliphatic rings. The number of amides is 1. The Balaban J connectivity index is 1.91. The van der Waals surface area contributed by atoms with E-state index in [0.717, 1.165) is 18.4 Å². The molecule has 98 valence electrons. The summed E-state index contributed by atoms with van der Waals surface area (Å²) < 4.78 is 0. The van der Waals surface area contributed by atoms with E-state index in [-0.39, 0.29) is 11.9 Å². The van der Waals surface area contributed by atoms with Crippen molar-refractivity contribution in [1.82, 2.24) is 5.32 Å². The number of rotatable bonds is 4. The summed E-state index contributed by atoms with van der Waals surface area (Å²) in [7, 11) is 0. The van der Waals surface area contributed by atoms with Crippen LogP contribution in [0, 0.1) is 12.8 Å². The van der Waals surface area contributed by atoms with Gasteiger partial charge in [0.05, 0.1) is 6.42 Å². The average Bonchev–Trinajstić information content (AvgIpc) is 2.79. The van der Waals surface area contributed by atoms with E-state index in [9.17, 15) is 4.79 Å². The molecule has 18 heavy (non-hydrogen) atoms. The predicted octanol–water partition coefficient (Wildman–Crippen LogP) is 3.06. The standard InChI is InChI=1S/C15H20ClNO/c1-11-5-2-3-6-12(11)9-15(18)17-14-8-4-7-13(14)10-16/h2-3,5-6,13-14H,4,7-10H2,1H3,(H,17,18). The zero-order valence-electron chi connectivity index (χ0n) is 10.8. The monoisotopic (exact) mass is 265 g/mol. The van der Waals surface area contributed by atoms with E-state index < -0.39 is 0 Å². The van der Waals surface area contributed by atoms with Crippen molar-refractivity contribution in [2.75, 3.05) is 5.88 Å². The van der Waals surface area contributed by atoms with Crippen molar-refractivity contribution in [3.8, 4) is 0 Å². The van der Waals surface area contributed by atoms with Crippen LogP contribution in [0.3, 0.4) is 0 Å². The summed E-state index contributed by atoms with van der Waals surface area (Å²) in [4.78, 5) is 12.0. The Hall–Kier alpha value is -1.02. The maximum Gasteiger partial charge on any atom is 0.224 e. The molecule has 1 fully saturated rings. The fraction of sp³-hybridized carbons (Fsp3) is 0.533. The van der Waals surface area contributed by atoms with Gasteiger partial charge >= 0.3 is 0 Å². The first-order valence-corrected chi connectivity index (χ1v) is 7.14. The fourth-order valence-electron chi connectivity index (χ4n) is 2.65. The van der Waals surface area contributed by atoms with E-state index in [1.165, 1.54) is 12.0 Å². The highest BCUT2D eigenvalue weighted by Crippen LogP contribution is 2.26. The van der Waals surface area contributed by atoms with E-state index >= 15 is 0 Å². The van der Waals surface area contributed by atoms with Gasteiger partial charge in [0.15, 0.2) is 0 Å². The van der Waals surface area contributed by atoms with Crippen LogP contribution < -0.4 is 5.32 Å². The molecule has 1 aromatic carbocycles. The van der Waals surface area contributed by atoms with Crippen molar-refractivity contribution < 1.29 is 4.79 Å². The van der Waals surface area contributed by atoms with Gasteiger partial charge in [-0.15, -0.1) is 11.6 Å². The number of hydrogen-bond acceptors (Lipinski definition) is 1. The molecule has 0 spiro atoms. The number of aryl methyl sites for hydroxylation is 1. The van der Waals surface area contributed by atoms with Gasteiger partial charge in [0.1, 0.15) is 0 Å². The molecule has 0 radical (unpaired) electrons. The van der Waals surface area contributed by atoms with Gasteiger partial charge in [0, 0.05) is 11.9 Å². The lowest BCUT2D eigenvalue weighted by molar-refractivity contribution is -0.121. The molecule has 0 aliphatic heterocycles. The van der Waals surface area contributed by atoms with Crippen LogP contribution in [0.15, 0.2) is 24.3 Å². The molecular formula is C15H20ClNO. The SMILES string of the molecule is Cc1ccccc1CC(=O)NC1CCCC1CCl. The Morgan fingerprint density at radius 1 is 1.39 bits per heavy atom. The fourth-order valence-corrected chi connectivity index (χ4v) is 3.02. The maximum atomic E-state index is 12.0. The van der Waals surface area contributed by atoms with Gasteiger partial charge in [-0.25, -0.2) is 0 Å². The molecule has 3 heteroatoms. The summed E-state index contributed by atoms with van der Waals surface area (Å²) in [6.45, 7) is 2.04. The highest BCUT2D eigenvalue weighted by molar-refractivity contribution is 6.18. The topological polar surface area (TPSA) is 29.1 Å². The normalized spacial score (nSPS) is 23.0. The minimum atomic E-state index is 0.117. The number of carbonyl (C=O) groups is 1. The number of nitrogens with one attached hydrogen (secondary N) is 1. The molecule has 2 nitrogen and oxygen atoms in total.